The average Bonchev–Trinajstić information content (AvgIpc) is 2.10. The van der Waals surface area contributed by atoms with Crippen LogP contribution in [0.25, 0.3) is 0 Å². The van der Waals surface area contributed by atoms with E-state index >= 15 is 0 Å². The minimum absolute atomic E-state index is 0.424. The normalized spacial score (nSPS) is 10.4. The first-order valence-electron chi connectivity index (χ1n) is 3.57. The second kappa shape index (κ2) is 7.60. The molecular formula is C9H13NO2. The Morgan fingerprint density at radius 1 is 1.50 bits per heavy atom. The predicted octanol–water partition coefficient (Wildman–Crippen LogP) is 1.64. The highest BCUT2D eigenvalue weighted by Crippen LogP contribution is 1.77. The summed E-state index contributed by atoms with van der Waals surface area (Å²) >= 11 is 0. The molecule has 0 heterocycles. The molecule has 0 rings (SSSR count). The molecule has 0 saturated carbocycles. The van der Waals surface area contributed by atoms with E-state index in [-0.39, 0.29) is 0 Å². The molecule has 0 radical (unpaired) electrons. The van der Waals surface area contributed by atoms with E-state index < -0.39 is 6.09 Å². The molecule has 3 heteroatoms. The number of hydrogen-bond donors (Lipinski definition) is 1. The van der Waals surface area contributed by atoms with E-state index in [0.29, 0.717) is 6.54 Å². The van der Waals surface area contributed by atoms with Gasteiger partial charge in [-0.25, -0.2) is 4.79 Å². The van der Waals surface area contributed by atoms with Crippen LogP contribution >= 0.6 is 0 Å². The number of amides is 1. The van der Waals surface area contributed by atoms with Gasteiger partial charge in [0.1, 0.15) is 0 Å². The summed E-state index contributed by atoms with van der Waals surface area (Å²) in [5.41, 5.74) is 0. The molecule has 12 heavy (non-hydrogen) atoms. The number of ether oxygens (including phenoxy) is 1. The smallest absolute Gasteiger partial charge is 0.407 e. The highest BCUT2D eigenvalue weighted by molar-refractivity contribution is 5.67. The van der Waals surface area contributed by atoms with E-state index in [9.17, 15) is 4.79 Å². The third-order valence-electron chi connectivity index (χ3n) is 1.04. The molecule has 66 valence electrons. The van der Waals surface area contributed by atoms with Gasteiger partial charge >= 0.3 is 6.09 Å². The van der Waals surface area contributed by atoms with E-state index in [0.717, 1.165) is 0 Å². The lowest BCUT2D eigenvalue weighted by Crippen LogP contribution is -2.22. The van der Waals surface area contributed by atoms with Crippen molar-refractivity contribution >= 4 is 6.09 Å². The summed E-state index contributed by atoms with van der Waals surface area (Å²) in [4.78, 5) is 10.5. The van der Waals surface area contributed by atoms with Crippen LogP contribution in [0.1, 0.15) is 0 Å². The Kier molecular flexibility index (Phi) is 6.64. The summed E-state index contributed by atoms with van der Waals surface area (Å²) in [6.45, 7) is 3.98. The number of nitrogens with one attached hydrogen (secondary N) is 1. The van der Waals surface area contributed by atoms with E-state index in [1.54, 1.807) is 18.2 Å². The summed E-state index contributed by atoms with van der Waals surface area (Å²) in [6.07, 6.45) is 8.50. The quantitative estimate of drug-likeness (QED) is 0.646. The maximum Gasteiger partial charge on any atom is 0.407 e. The molecule has 0 atom stereocenters. The van der Waals surface area contributed by atoms with E-state index in [1.165, 1.54) is 7.11 Å². The molecule has 0 aliphatic rings. The molecule has 0 aliphatic heterocycles. The largest absolute Gasteiger partial charge is 0.453 e. The van der Waals surface area contributed by atoms with Crippen LogP contribution in [-0.2, 0) is 4.74 Å². The summed E-state index contributed by atoms with van der Waals surface area (Å²) in [5.74, 6) is 0. The summed E-state index contributed by atoms with van der Waals surface area (Å²) in [6, 6.07) is 0. The third-order valence-corrected chi connectivity index (χ3v) is 1.04. The fraction of sp³-hybridized carbons (Fsp3) is 0.222. The zero-order chi connectivity index (χ0) is 9.23. The minimum Gasteiger partial charge on any atom is -0.453 e. The number of carbonyl (C=O) groups excluding carboxylic acids is 1. The number of alkyl carbamates (subject to hydrolysis) is 1. The topological polar surface area (TPSA) is 38.3 Å². The van der Waals surface area contributed by atoms with Crippen LogP contribution in [0.2, 0.25) is 0 Å². The molecule has 1 N–H and O–H groups in total. The number of methoxy groups -OCH3 is 1. The molecule has 0 aromatic carbocycles. The van der Waals surface area contributed by atoms with Crippen molar-refractivity contribution in [3.8, 4) is 0 Å². The van der Waals surface area contributed by atoms with E-state index in [2.05, 4.69) is 16.6 Å². The molecule has 1 amide bonds. The zero-order valence-electron chi connectivity index (χ0n) is 7.12. The van der Waals surface area contributed by atoms with Crippen molar-refractivity contribution < 1.29 is 9.53 Å². The van der Waals surface area contributed by atoms with Crippen molar-refractivity contribution in [3.63, 3.8) is 0 Å². The average molecular weight is 167 g/mol. The van der Waals surface area contributed by atoms with Gasteiger partial charge in [0.05, 0.1) is 7.11 Å². The molecule has 0 aromatic heterocycles. The Bertz CT molecular complexity index is 195. The fourth-order valence-corrected chi connectivity index (χ4v) is 0.504. The number of carbonyl (C=O) groups is 1. The third kappa shape index (κ3) is 6.61. The molecule has 0 aliphatic carbocycles. The maximum absolute atomic E-state index is 10.5. The molecule has 0 fully saturated rings. The van der Waals surface area contributed by atoms with Crippen molar-refractivity contribution in [1.29, 1.82) is 0 Å². The van der Waals surface area contributed by atoms with Crippen LogP contribution in [0.4, 0.5) is 4.79 Å². The Morgan fingerprint density at radius 2 is 2.25 bits per heavy atom. The van der Waals surface area contributed by atoms with Crippen LogP contribution in [0.5, 0.6) is 0 Å². The monoisotopic (exact) mass is 167 g/mol. The molecule has 0 unspecified atom stereocenters. The highest BCUT2D eigenvalue weighted by Gasteiger charge is 1.91. The van der Waals surface area contributed by atoms with Crippen LogP contribution in [0, 0.1) is 0 Å². The summed E-state index contributed by atoms with van der Waals surface area (Å²) in [5, 5.41) is 2.50. The lowest BCUT2D eigenvalue weighted by molar-refractivity contribution is 0.172. The first kappa shape index (κ1) is 10.5. The predicted molar refractivity (Wildman–Crippen MR) is 48.9 cm³/mol. The van der Waals surface area contributed by atoms with Gasteiger partial charge in [0.2, 0.25) is 0 Å². The second-order valence-corrected chi connectivity index (χ2v) is 1.92. The SMILES string of the molecule is C=CC=CC=CCNC(=O)OC. The summed E-state index contributed by atoms with van der Waals surface area (Å²) < 4.78 is 4.36. The number of allylic oxidation sites excluding steroid dienone is 4. The van der Waals surface area contributed by atoms with E-state index in [4.69, 9.17) is 0 Å². The Morgan fingerprint density at radius 3 is 2.83 bits per heavy atom. The van der Waals surface area contributed by atoms with Gasteiger partial charge in [0.25, 0.3) is 0 Å². The van der Waals surface area contributed by atoms with Crippen molar-refractivity contribution in [2.45, 2.75) is 0 Å². The number of hydrogen-bond acceptors (Lipinski definition) is 2. The van der Waals surface area contributed by atoms with Crippen LogP contribution in [0.15, 0.2) is 37.0 Å². The molecule has 0 aromatic rings. The van der Waals surface area contributed by atoms with Crippen molar-refractivity contribution in [2.24, 2.45) is 0 Å². The zero-order valence-corrected chi connectivity index (χ0v) is 7.12. The van der Waals surface area contributed by atoms with Gasteiger partial charge in [-0.3, -0.25) is 0 Å². The molecule has 3 nitrogen and oxygen atoms in total. The Labute approximate surface area is 72.4 Å². The lowest BCUT2D eigenvalue weighted by atomic mass is 10.4. The Balaban J connectivity index is 3.42. The number of rotatable bonds is 4. The van der Waals surface area contributed by atoms with Crippen molar-refractivity contribution in [3.05, 3.63) is 37.0 Å². The Hall–Kier alpha value is -1.51. The van der Waals surface area contributed by atoms with Crippen molar-refractivity contribution in [2.75, 3.05) is 13.7 Å². The minimum atomic E-state index is -0.424. The van der Waals surface area contributed by atoms with Crippen molar-refractivity contribution in [1.82, 2.24) is 5.32 Å². The van der Waals surface area contributed by atoms with Crippen LogP contribution < -0.4 is 5.32 Å². The first-order chi connectivity index (χ1) is 5.81. The van der Waals surface area contributed by atoms with Gasteiger partial charge in [0.15, 0.2) is 0 Å². The second-order valence-electron chi connectivity index (χ2n) is 1.92. The van der Waals surface area contributed by atoms with Gasteiger partial charge < -0.3 is 10.1 Å². The molecule has 0 saturated heterocycles. The standard InChI is InChI=1S/C9H13NO2/c1-3-4-5-6-7-8-10-9(11)12-2/h3-7H,1,8H2,2H3,(H,10,11). The van der Waals surface area contributed by atoms with Gasteiger partial charge in [-0.2, -0.15) is 0 Å². The van der Waals surface area contributed by atoms with Crippen LogP contribution in [-0.4, -0.2) is 19.7 Å². The first-order valence-corrected chi connectivity index (χ1v) is 3.57. The molecule has 0 spiro atoms. The summed E-state index contributed by atoms with van der Waals surface area (Å²) in [7, 11) is 1.33. The van der Waals surface area contributed by atoms with E-state index in [1.807, 2.05) is 12.2 Å². The van der Waals surface area contributed by atoms with Gasteiger partial charge in [-0.15, -0.1) is 0 Å². The maximum atomic E-state index is 10.5. The van der Waals surface area contributed by atoms with Crippen LogP contribution in [0.3, 0.4) is 0 Å². The van der Waals surface area contributed by atoms with Gasteiger partial charge in [-0.05, 0) is 0 Å². The van der Waals surface area contributed by atoms with Gasteiger partial charge in [-0.1, -0.05) is 37.0 Å². The fourth-order valence-electron chi connectivity index (χ4n) is 0.504. The lowest BCUT2D eigenvalue weighted by Gasteiger charge is -1.97. The molecule has 0 bridgehead atoms. The molecular weight excluding hydrogens is 154 g/mol. The van der Waals surface area contributed by atoms with Gasteiger partial charge in [0, 0.05) is 6.54 Å². The highest BCUT2D eigenvalue weighted by atomic mass is 16.5.